The van der Waals surface area contributed by atoms with Crippen LogP contribution in [0.4, 0.5) is 0 Å². The van der Waals surface area contributed by atoms with Crippen LogP contribution in [0.2, 0.25) is 0 Å². The smallest absolute Gasteiger partial charge is 0.311 e. The Hall–Kier alpha value is -1.19. The van der Waals surface area contributed by atoms with E-state index >= 15 is 0 Å². The SMILES string of the molecule is CCCCOC(=O)C(C)CC(C)(C)C(=O)OCC[N+](C)(C)CCCS(=O)(=O)O. The molecule has 9 heteroatoms. The second-order valence-corrected chi connectivity index (χ2v) is 10.2. The maximum atomic E-state index is 12.4. The Kier molecular flexibility index (Phi) is 11.2. The predicted molar refractivity (Wildman–Crippen MR) is 107 cm³/mol. The topological polar surface area (TPSA) is 107 Å². The molecule has 0 amide bonds. The number of likely N-dealkylation sites (N-methyl/N-ethyl adjacent to an activating group) is 1. The Labute approximate surface area is 169 Å². The number of quaternary nitrogens is 1. The van der Waals surface area contributed by atoms with Crippen LogP contribution in [0.25, 0.3) is 0 Å². The second kappa shape index (κ2) is 11.7. The third kappa shape index (κ3) is 12.3. The van der Waals surface area contributed by atoms with Gasteiger partial charge in [-0.15, -0.1) is 0 Å². The molecule has 28 heavy (non-hydrogen) atoms. The molecule has 0 bridgehead atoms. The summed E-state index contributed by atoms with van der Waals surface area (Å²) < 4.78 is 41.4. The fourth-order valence-corrected chi connectivity index (χ4v) is 3.25. The quantitative estimate of drug-likeness (QED) is 0.197. The van der Waals surface area contributed by atoms with Crippen LogP contribution in [-0.2, 0) is 29.2 Å². The van der Waals surface area contributed by atoms with Gasteiger partial charge in [-0.05, 0) is 26.7 Å². The maximum absolute atomic E-state index is 12.4. The van der Waals surface area contributed by atoms with Gasteiger partial charge in [-0.2, -0.15) is 8.42 Å². The zero-order chi connectivity index (χ0) is 22.0. The maximum Gasteiger partial charge on any atom is 0.311 e. The van der Waals surface area contributed by atoms with Crippen LogP contribution in [0.1, 0.15) is 53.4 Å². The lowest BCUT2D eigenvalue weighted by molar-refractivity contribution is -0.890. The highest BCUT2D eigenvalue weighted by atomic mass is 32.2. The van der Waals surface area contributed by atoms with E-state index in [-0.39, 0.29) is 24.3 Å². The lowest BCUT2D eigenvalue weighted by Crippen LogP contribution is -2.44. The number of hydrogen-bond acceptors (Lipinski definition) is 6. The number of nitrogens with zero attached hydrogens (tertiary/aromatic N) is 1. The molecule has 166 valence electrons. The van der Waals surface area contributed by atoms with E-state index in [1.165, 1.54) is 0 Å². The number of esters is 2. The molecule has 0 aromatic rings. The number of ether oxygens (including phenoxy) is 2. The van der Waals surface area contributed by atoms with Crippen LogP contribution in [-0.4, -0.2) is 75.5 Å². The van der Waals surface area contributed by atoms with Crippen LogP contribution in [0.15, 0.2) is 0 Å². The third-order valence-corrected chi connectivity index (χ3v) is 5.41. The molecule has 0 aliphatic heterocycles. The van der Waals surface area contributed by atoms with Crippen molar-refractivity contribution in [1.29, 1.82) is 0 Å². The van der Waals surface area contributed by atoms with Gasteiger partial charge in [0.2, 0.25) is 0 Å². The molecule has 0 spiro atoms. The molecule has 0 radical (unpaired) electrons. The van der Waals surface area contributed by atoms with Gasteiger partial charge in [0, 0.05) is 6.42 Å². The summed E-state index contributed by atoms with van der Waals surface area (Å²) in [5.41, 5.74) is -0.814. The van der Waals surface area contributed by atoms with Crippen molar-refractivity contribution in [1.82, 2.24) is 0 Å². The number of carbonyl (C=O) groups excluding carboxylic acids is 2. The summed E-state index contributed by atoms with van der Waals surface area (Å²) in [5, 5.41) is 0. The average molecular weight is 425 g/mol. The summed E-state index contributed by atoms with van der Waals surface area (Å²) in [7, 11) is -0.159. The van der Waals surface area contributed by atoms with Gasteiger partial charge in [0.05, 0.1) is 44.3 Å². The summed E-state index contributed by atoms with van der Waals surface area (Å²) in [6, 6.07) is 0. The molecule has 0 aromatic heterocycles. The first-order chi connectivity index (χ1) is 12.7. The third-order valence-electron chi connectivity index (χ3n) is 4.61. The van der Waals surface area contributed by atoms with E-state index in [0.29, 0.717) is 37.0 Å². The summed E-state index contributed by atoms with van der Waals surface area (Å²) in [4.78, 5) is 24.4. The van der Waals surface area contributed by atoms with E-state index in [4.69, 9.17) is 14.0 Å². The molecular formula is C19H38NO7S+. The lowest BCUT2D eigenvalue weighted by Gasteiger charge is -2.30. The van der Waals surface area contributed by atoms with Gasteiger partial charge in [-0.1, -0.05) is 20.3 Å². The van der Waals surface area contributed by atoms with E-state index in [0.717, 1.165) is 12.8 Å². The van der Waals surface area contributed by atoms with Gasteiger partial charge >= 0.3 is 11.9 Å². The summed E-state index contributed by atoms with van der Waals surface area (Å²) >= 11 is 0. The highest BCUT2D eigenvalue weighted by Crippen LogP contribution is 2.28. The van der Waals surface area contributed by atoms with Gasteiger partial charge in [0.15, 0.2) is 0 Å². The van der Waals surface area contributed by atoms with Crippen molar-refractivity contribution in [2.24, 2.45) is 11.3 Å². The normalized spacial score (nSPS) is 13.8. The minimum atomic E-state index is -3.96. The number of rotatable bonds is 14. The highest BCUT2D eigenvalue weighted by Gasteiger charge is 2.34. The Morgan fingerprint density at radius 1 is 1.07 bits per heavy atom. The number of hydrogen-bond donors (Lipinski definition) is 1. The predicted octanol–water partition coefficient (Wildman–Crippen LogP) is 2.28. The van der Waals surface area contributed by atoms with Crippen LogP contribution >= 0.6 is 0 Å². The van der Waals surface area contributed by atoms with Crippen molar-refractivity contribution in [2.45, 2.75) is 53.4 Å². The standard InChI is InChI=1S/C19H37NO7S/c1-7-8-12-26-17(21)16(2)15-19(3,4)18(22)27-13-11-20(5,6)10-9-14-28(23,24)25/h16H,7-15H2,1-6H3/p+1. The van der Waals surface area contributed by atoms with Crippen molar-refractivity contribution < 1.29 is 36.5 Å². The number of unbranched alkanes of at least 4 members (excludes halogenated alkanes) is 1. The molecule has 0 saturated carbocycles. The molecule has 1 N–H and O–H groups in total. The summed E-state index contributed by atoms with van der Waals surface area (Å²) in [5.74, 6) is -1.36. The van der Waals surface area contributed by atoms with Crippen LogP contribution in [0, 0.1) is 11.3 Å². The van der Waals surface area contributed by atoms with Crippen molar-refractivity contribution in [3.63, 3.8) is 0 Å². The molecule has 0 heterocycles. The van der Waals surface area contributed by atoms with E-state index in [9.17, 15) is 18.0 Å². The molecule has 8 nitrogen and oxygen atoms in total. The van der Waals surface area contributed by atoms with Crippen molar-refractivity contribution in [2.75, 3.05) is 46.2 Å². The van der Waals surface area contributed by atoms with Gasteiger partial charge in [0.1, 0.15) is 13.2 Å². The largest absolute Gasteiger partial charge is 0.465 e. The summed E-state index contributed by atoms with van der Waals surface area (Å²) in [6.45, 7) is 8.90. The van der Waals surface area contributed by atoms with Gasteiger partial charge < -0.3 is 14.0 Å². The van der Waals surface area contributed by atoms with E-state index in [2.05, 4.69) is 0 Å². The minimum Gasteiger partial charge on any atom is -0.465 e. The molecule has 1 unspecified atom stereocenters. The van der Waals surface area contributed by atoms with Gasteiger partial charge in [-0.3, -0.25) is 14.1 Å². The lowest BCUT2D eigenvalue weighted by atomic mass is 9.83. The molecule has 0 rings (SSSR count). The van der Waals surface area contributed by atoms with E-state index in [1.807, 2.05) is 21.0 Å². The van der Waals surface area contributed by atoms with Crippen LogP contribution in [0.3, 0.4) is 0 Å². The molecule has 1 atom stereocenters. The van der Waals surface area contributed by atoms with E-state index < -0.39 is 21.5 Å². The monoisotopic (exact) mass is 424 g/mol. The molecular weight excluding hydrogens is 386 g/mol. The Morgan fingerprint density at radius 3 is 2.21 bits per heavy atom. The molecule has 0 fully saturated rings. The zero-order valence-corrected chi connectivity index (χ0v) is 19.0. The fraction of sp³-hybridized carbons (Fsp3) is 0.895. The second-order valence-electron chi connectivity index (χ2n) is 8.67. The van der Waals surface area contributed by atoms with Crippen LogP contribution < -0.4 is 0 Å². The fourth-order valence-electron chi connectivity index (χ4n) is 2.76. The minimum absolute atomic E-state index is 0.191. The first-order valence-corrected chi connectivity index (χ1v) is 11.4. The summed E-state index contributed by atoms with van der Waals surface area (Å²) in [6.07, 6.45) is 2.43. The Morgan fingerprint density at radius 2 is 1.68 bits per heavy atom. The van der Waals surface area contributed by atoms with E-state index in [1.54, 1.807) is 20.8 Å². The first kappa shape index (κ1) is 26.8. The average Bonchev–Trinajstić information content (AvgIpc) is 2.52. The molecule has 0 saturated heterocycles. The molecule has 0 aromatic carbocycles. The van der Waals surface area contributed by atoms with Crippen LogP contribution in [0.5, 0.6) is 0 Å². The van der Waals surface area contributed by atoms with Crippen molar-refractivity contribution >= 4 is 22.1 Å². The van der Waals surface area contributed by atoms with Gasteiger partial charge in [0.25, 0.3) is 10.1 Å². The highest BCUT2D eigenvalue weighted by molar-refractivity contribution is 7.85. The molecule has 0 aliphatic rings. The molecule has 0 aliphatic carbocycles. The Balaban J connectivity index is 4.38. The van der Waals surface area contributed by atoms with Crippen molar-refractivity contribution in [3.8, 4) is 0 Å². The first-order valence-electron chi connectivity index (χ1n) is 9.81. The van der Waals surface area contributed by atoms with Gasteiger partial charge in [-0.25, -0.2) is 0 Å². The Bertz CT molecular complexity index is 599. The zero-order valence-electron chi connectivity index (χ0n) is 18.2. The van der Waals surface area contributed by atoms with Crippen molar-refractivity contribution in [3.05, 3.63) is 0 Å². The number of carbonyl (C=O) groups is 2.